The molecule has 3 aromatic rings. The molecule has 2 saturated heterocycles. The third-order valence-electron chi connectivity index (χ3n) is 7.19. The Labute approximate surface area is 187 Å². The number of aromatic nitrogens is 2. The molecule has 0 spiro atoms. The average Bonchev–Trinajstić information content (AvgIpc) is 3.29. The number of imidazole rings is 1. The Kier molecular flexibility index (Phi) is 5.33. The number of piperidine rings is 2. The monoisotopic (exact) mass is 431 g/mol. The Morgan fingerprint density at radius 1 is 0.969 bits per heavy atom. The Hall–Kier alpha value is -3.35. The molecule has 1 unspecified atom stereocenters. The van der Waals surface area contributed by atoms with Gasteiger partial charge in [-0.1, -0.05) is 36.4 Å². The highest BCUT2D eigenvalue weighted by atomic mass is 16.2. The van der Waals surface area contributed by atoms with E-state index in [-0.39, 0.29) is 17.2 Å². The van der Waals surface area contributed by atoms with Gasteiger partial charge in [-0.3, -0.25) is 4.79 Å². The SMILES string of the molecule is NC(=O)N1CCCC(C(=O)N2CCC(c3ccccc3)(c3cn4ccccc4n3)CC2)C1. The van der Waals surface area contributed by atoms with Crippen LogP contribution in [0.2, 0.25) is 0 Å². The lowest BCUT2D eigenvalue weighted by atomic mass is 9.70. The highest BCUT2D eigenvalue weighted by Crippen LogP contribution is 2.41. The predicted molar refractivity (Wildman–Crippen MR) is 122 cm³/mol. The second-order valence-electron chi connectivity index (χ2n) is 8.99. The molecule has 1 aromatic carbocycles. The molecule has 32 heavy (non-hydrogen) atoms. The third kappa shape index (κ3) is 3.61. The number of rotatable bonds is 3. The van der Waals surface area contributed by atoms with Gasteiger partial charge in [0.1, 0.15) is 5.65 Å². The van der Waals surface area contributed by atoms with Crippen LogP contribution in [0.4, 0.5) is 4.79 Å². The molecule has 4 heterocycles. The number of likely N-dealkylation sites (tertiary alicyclic amines) is 2. The number of fused-ring (bicyclic) bond motifs is 1. The minimum atomic E-state index is -0.434. The van der Waals surface area contributed by atoms with Crippen molar-refractivity contribution in [2.45, 2.75) is 31.1 Å². The largest absolute Gasteiger partial charge is 0.351 e. The van der Waals surface area contributed by atoms with E-state index in [0.29, 0.717) is 26.2 Å². The number of primary amides is 1. The predicted octanol–water partition coefficient (Wildman–Crippen LogP) is 3.03. The van der Waals surface area contributed by atoms with Crippen molar-refractivity contribution in [3.8, 4) is 0 Å². The molecule has 1 atom stereocenters. The van der Waals surface area contributed by atoms with Crippen molar-refractivity contribution in [3.63, 3.8) is 0 Å². The Morgan fingerprint density at radius 3 is 2.44 bits per heavy atom. The van der Waals surface area contributed by atoms with E-state index in [2.05, 4.69) is 34.9 Å². The van der Waals surface area contributed by atoms with Gasteiger partial charge in [0, 0.05) is 44.0 Å². The summed E-state index contributed by atoms with van der Waals surface area (Å²) >= 11 is 0. The Balaban J connectivity index is 1.40. The number of carbonyl (C=O) groups excluding carboxylic acids is 2. The Bertz CT molecular complexity index is 1080. The van der Waals surface area contributed by atoms with Gasteiger partial charge in [0.25, 0.3) is 0 Å². The summed E-state index contributed by atoms with van der Waals surface area (Å²) in [5.74, 6) is -0.0108. The maximum absolute atomic E-state index is 13.3. The topological polar surface area (TPSA) is 83.9 Å². The number of nitrogens with two attached hydrogens (primary N) is 1. The fourth-order valence-electron chi connectivity index (χ4n) is 5.36. The van der Waals surface area contributed by atoms with Crippen molar-refractivity contribution in [2.24, 2.45) is 11.7 Å². The summed E-state index contributed by atoms with van der Waals surface area (Å²) in [4.78, 5) is 33.4. The van der Waals surface area contributed by atoms with Crippen LogP contribution in [-0.2, 0) is 10.2 Å². The van der Waals surface area contributed by atoms with E-state index in [1.807, 2.05) is 35.4 Å². The van der Waals surface area contributed by atoms with E-state index in [1.165, 1.54) is 5.56 Å². The van der Waals surface area contributed by atoms with Gasteiger partial charge in [-0.25, -0.2) is 9.78 Å². The molecule has 2 aromatic heterocycles. The first-order chi connectivity index (χ1) is 15.6. The number of nitrogens with zero attached hydrogens (tertiary/aromatic N) is 4. The summed E-state index contributed by atoms with van der Waals surface area (Å²) in [5.41, 5.74) is 8.47. The summed E-state index contributed by atoms with van der Waals surface area (Å²) < 4.78 is 2.07. The molecule has 0 radical (unpaired) electrons. The standard InChI is InChI=1S/C25H29N5O2/c26-24(32)30-14-6-7-19(17-30)23(31)28-15-11-25(12-16-28,20-8-2-1-3-9-20)21-18-29-13-5-4-10-22(29)27-21/h1-5,8-10,13,18-19H,6-7,11-12,14-17H2,(H2,26,32). The van der Waals surface area contributed by atoms with E-state index in [9.17, 15) is 9.59 Å². The van der Waals surface area contributed by atoms with Crippen LogP contribution in [0.3, 0.4) is 0 Å². The van der Waals surface area contributed by atoms with E-state index in [0.717, 1.165) is 37.0 Å². The second kappa shape index (κ2) is 8.30. The number of pyridine rings is 1. The first kappa shape index (κ1) is 20.5. The molecule has 7 nitrogen and oxygen atoms in total. The van der Waals surface area contributed by atoms with E-state index in [1.54, 1.807) is 4.90 Å². The number of amides is 3. The van der Waals surface area contributed by atoms with Crippen LogP contribution in [-0.4, -0.2) is 57.3 Å². The highest BCUT2D eigenvalue weighted by molar-refractivity contribution is 5.80. The first-order valence-electron chi connectivity index (χ1n) is 11.4. The van der Waals surface area contributed by atoms with Gasteiger partial charge in [0.2, 0.25) is 5.91 Å². The van der Waals surface area contributed by atoms with Crippen LogP contribution in [0, 0.1) is 5.92 Å². The summed E-state index contributed by atoms with van der Waals surface area (Å²) in [6.07, 6.45) is 7.43. The van der Waals surface area contributed by atoms with Crippen molar-refractivity contribution in [1.29, 1.82) is 0 Å². The van der Waals surface area contributed by atoms with Crippen molar-refractivity contribution in [1.82, 2.24) is 19.2 Å². The zero-order valence-electron chi connectivity index (χ0n) is 18.2. The minimum Gasteiger partial charge on any atom is -0.351 e. The Morgan fingerprint density at radius 2 is 1.72 bits per heavy atom. The van der Waals surface area contributed by atoms with Crippen LogP contribution in [0.5, 0.6) is 0 Å². The summed E-state index contributed by atoms with van der Waals surface area (Å²) in [7, 11) is 0. The van der Waals surface area contributed by atoms with Crippen LogP contribution in [0.25, 0.3) is 5.65 Å². The molecule has 166 valence electrons. The fraction of sp³-hybridized carbons (Fsp3) is 0.400. The van der Waals surface area contributed by atoms with Crippen molar-refractivity contribution < 1.29 is 9.59 Å². The van der Waals surface area contributed by atoms with Crippen LogP contribution in [0.15, 0.2) is 60.9 Å². The van der Waals surface area contributed by atoms with Crippen LogP contribution >= 0.6 is 0 Å². The molecule has 2 fully saturated rings. The molecule has 5 rings (SSSR count). The number of carbonyl (C=O) groups is 2. The maximum atomic E-state index is 13.3. The minimum absolute atomic E-state index is 0.146. The van der Waals surface area contributed by atoms with Crippen molar-refractivity contribution in [2.75, 3.05) is 26.2 Å². The normalized spacial score (nSPS) is 20.9. The quantitative estimate of drug-likeness (QED) is 0.692. The molecular formula is C25H29N5O2. The number of benzene rings is 1. The average molecular weight is 432 g/mol. The van der Waals surface area contributed by atoms with Gasteiger partial charge in [0.15, 0.2) is 0 Å². The lowest BCUT2D eigenvalue weighted by Crippen LogP contribution is -2.51. The summed E-state index contributed by atoms with van der Waals surface area (Å²) in [6, 6.07) is 16.1. The lowest BCUT2D eigenvalue weighted by Gasteiger charge is -2.43. The molecular weight excluding hydrogens is 402 g/mol. The van der Waals surface area contributed by atoms with Crippen molar-refractivity contribution in [3.05, 3.63) is 72.2 Å². The van der Waals surface area contributed by atoms with Gasteiger partial charge >= 0.3 is 6.03 Å². The number of hydrogen-bond donors (Lipinski definition) is 1. The molecule has 2 aliphatic heterocycles. The number of urea groups is 1. The highest BCUT2D eigenvalue weighted by Gasteiger charge is 2.42. The van der Waals surface area contributed by atoms with Gasteiger partial charge in [-0.2, -0.15) is 0 Å². The zero-order chi connectivity index (χ0) is 22.1. The summed E-state index contributed by atoms with van der Waals surface area (Å²) in [5, 5.41) is 0. The van der Waals surface area contributed by atoms with Gasteiger partial charge in [0.05, 0.1) is 11.6 Å². The van der Waals surface area contributed by atoms with Gasteiger partial charge in [-0.05, 0) is 43.4 Å². The number of hydrogen-bond acceptors (Lipinski definition) is 3. The second-order valence-corrected chi connectivity index (χ2v) is 8.99. The smallest absolute Gasteiger partial charge is 0.314 e. The lowest BCUT2D eigenvalue weighted by molar-refractivity contribution is -0.138. The maximum Gasteiger partial charge on any atom is 0.314 e. The van der Waals surface area contributed by atoms with E-state index >= 15 is 0 Å². The van der Waals surface area contributed by atoms with Gasteiger partial charge in [-0.15, -0.1) is 0 Å². The first-order valence-corrected chi connectivity index (χ1v) is 11.4. The molecule has 2 N–H and O–H groups in total. The van der Waals surface area contributed by atoms with E-state index in [4.69, 9.17) is 10.7 Å². The molecule has 0 saturated carbocycles. The molecule has 2 aliphatic rings. The van der Waals surface area contributed by atoms with Gasteiger partial charge < -0.3 is 19.9 Å². The molecule has 0 bridgehead atoms. The van der Waals surface area contributed by atoms with Crippen molar-refractivity contribution >= 4 is 17.6 Å². The molecule has 0 aliphatic carbocycles. The zero-order valence-corrected chi connectivity index (χ0v) is 18.2. The molecule has 3 amide bonds. The van der Waals surface area contributed by atoms with Crippen LogP contribution in [0.1, 0.15) is 36.9 Å². The summed E-state index contributed by atoms with van der Waals surface area (Å²) in [6.45, 7) is 2.42. The van der Waals surface area contributed by atoms with E-state index < -0.39 is 6.03 Å². The fourth-order valence-corrected chi connectivity index (χ4v) is 5.36. The van der Waals surface area contributed by atoms with Crippen LogP contribution < -0.4 is 5.73 Å². The molecule has 7 heteroatoms. The third-order valence-corrected chi connectivity index (χ3v) is 7.19.